The zero-order valence-corrected chi connectivity index (χ0v) is 16.6. The molecule has 0 spiro atoms. The van der Waals surface area contributed by atoms with Crippen LogP contribution in [0.15, 0.2) is 48.5 Å². The highest BCUT2D eigenvalue weighted by Crippen LogP contribution is 2.20. The van der Waals surface area contributed by atoms with E-state index >= 15 is 0 Å². The van der Waals surface area contributed by atoms with Crippen molar-refractivity contribution in [1.82, 2.24) is 20.2 Å². The molecule has 0 aliphatic heterocycles. The highest BCUT2D eigenvalue weighted by atomic mass is 16.2. The first-order valence-electron chi connectivity index (χ1n) is 10.2. The smallest absolute Gasteiger partial charge is 0.251 e. The summed E-state index contributed by atoms with van der Waals surface area (Å²) < 4.78 is 2.00. The van der Waals surface area contributed by atoms with E-state index in [0.29, 0.717) is 24.6 Å². The predicted molar refractivity (Wildman–Crippen MR) is 113 cm³/mol. The van der Waals surface area contributed by atoms with E-state index in [2.05, 4.69) is 10.6 Å². The fourth-order valence-electron chi connectivity index (χ4n) is 3.47. The predicted octanol–water partition coefficient (Wildman–Crippen LogP) is 2.99. The maximum atomic E-state index is 12.3. The van der Waals surface area contributed by atoms with E-state index in [1.807, 2.05) is 60.0 Å². The Balaban J connectivity index is 1.38. The number of hydrogen-bond donors (Lipinski definition) is 2. The second-order valence-corrected chi connectivity index (χ2v) is 7.67. The van der Waals surface area contributed by atoms with E-state index in [1.165, 1.54) is 0 Å². The average molecular weight is 390 g/mol. The molecule has 2 amide bonds. The van der Waals surface area contributed by atoms with Crippen molar-refractivity contribution < 1.29 is 9.59 Å². The summed E-state index contributed by atoms with van der Waals surface area (Å²) in [5, 5.41) is 6.01. The molecule has 0 saturated heterocycles. The van der Waals surface area contributed by atoms with Crippen molar-refractivity contribution in [2.45, 2.75) is 45.2 Å². The van der Waals surface area contributed by atoms with E-state index in [-0.39, 0.29) is 18.4 Å². The van der Waals surface area contributed by atoms with Crippen LogP contribution in [0.3, 0.4) is 0 Å². The minimum absolute atomic E-state index is 0.0321. The Bertz CT molecular complexity index is 1040. The number of amides is 2. The summed E-state index contributed by atoms with van der Waals surface area (Å²) in [6.45, 7) is 2.81. The van der Waals surface area contributed by atoms with Gasteiger partial charge < -0.3 is 15.2 Å². The zero-order valence-electron chi connectivity index (χ0n) is 16.6. The van der Waals surface area contributed by atoms with Gasteiger partial charge in [0.1, 0.15) is 12.4 Å². The molecule has 1 heterocycles. The summed E-state index contributed by atoms with van der Waals surface area (Å²) >= 11 is 0. The standard InChI is InChI=1S/C23H26N4O2/c1-16-6-4-7-17(14-16)23(29)24-13-5-10-21-26-19-8-2-3-9-20(19)27(21)15-22(28)25-18-11-12-18/h2-4,6-9,14,18H,5,10-13,15H2,1H3,(H,24,29)(H,25,28). The van der Waals surface area contributed by atoms with Crippen LogP contribution in [0.25, 0.3) is 11.0 Å². The lowest BCUT2D eigenvalue weighted by Gasteiger charge is -2.10. The number of nitrogens with one attached hydrogen (secondary N) is 2. The Hall–Kier alpha value is -3.15. The van der Waals surface area contributed by atoms with Gasteiger partial charge in [0, 0.05) is 24.6 Å². The SMILES string of the molecule is Cc1cccc(C(=O)NCCCc2nc3ccccc3n2CC(=O)NC2CC2)c1. The van der Waals surface area contributed by atoms with Gasteiger partial charge in [0.25, 0.3) is 5.91 Å². The molecule has 1 aliphatic carbocycles. The lowest BCUT2D eigenvalue weighted by molar-refractivity contribution is -0.121. The van der Waals surface area contributed by atoms with Crippen molar-refractivity contribution in [2.75, 3.05) is 6.54 Å². The first kappa shape index (κ1) is 19.2. The van der Waals surface area contributed by atoms with Crippen LogP contribution in [-0.2, 0) is 17.8 Å². The molecule has 2 N–H and O–H groups in total. The van der Waals surface area contributed by atoms with Crippen molar-refractivity contribution in [2.24, 2.45) is 0 Å². The molecule has 1 saturated carbocycles. The fourth-order valence-corrected chi connectivity index (χ4v) is 3.47. The van der Waals surface area contributed by atoms with Gasteiger partial charge in [-0.25, -0.2) is 4.98 Å². The maximum Gasteiger partial charge on any atom is 0.251 e. The number of nitrogens with zero attached hydrogens (tertiary/aromatic N) is 2. The molecule has 0 radical (unpaired) electrons. The molecule has 1 aliphatic rings. The molecule has 0 bridgehead atoms. The van der Waals surface area contributed by atoms with Gasteiger partial charge in [-0.1, -0.05) is 29.8 Å². The Kier molecular flexibility index (Phi) is 5.60. The molecule has 150 valence electrons. The largest absolute Gasteiger partial charge is 0.352 e. The van der Waals surface area contributed by atoms with Crippen LogP contribution >= 0.6 is 0 Å². The van der Waals surface area contributed by atoms with Crippen molar-refractivity contribution in [3.05, 3.63) is 65.5 Å². The quantitative estimate of drug-likeness (QED) is 0.581. The van der Waals surface area contributed by atoms with Gasteiger partial charge in [-0.05, 0) is 50.5 Å². The van der Waals surface area contributed by atoms with Crippen molar-refractivity contribution >= 4 is 22.8 Å². The molecule has 3 aromatic rings. The van der Waals surface area contributed by atoms with Crippen LogP contribution in [0.4, 0.5) is 0 Å². The van der Waals surface area contributed by atoms with Crippen LogP contribution < -0.4 is 10.6 Å². The molecule has 29 heavy (non-hydrogen) atoms. The van der Waals surface area contributed by atoms with Crippen LogP contribution in [0.2, 0.25) is 0 Å². The van der Waals surface area contributed by atoms with Gasteiger partial charge in [-0.15, -0.1) is 0 Å². The van der Waals surface area contributed by atoms with E-state index in [0.717, 1.165) is 41.7 Å². The first-order valence-corrected chi connectivity index (χ1v) is 10.2. The number of carbonyl (C=O) groups excluding carboxylic acids is 2. The number of carbonyl (C=O) groups is 2. The Labute approximate surface area is 170 Å². The third-order valence-corrected chi connectivity index (χ3v) is 5.12. The van der Waals surface area contributed by atoms with Crippen LogP contribution in [0.1, 0.15) is 41.0 Å². The van der Waals surface area contributed by atoms with E-state index < -0.39 is 0 Å². The van der Waals surface area contributed by atoms with Gasteiger partial charge in [-0.2, -0.15) is 0 Å². The van der Waals surface area contributed by atoms with Gasteiger partial charge in [0.2, 0.25) is 5.91 Å². The summed E-state index contributed by atoms with van der Waals surface area (Å²) in [7, 11) is 0. The summed E-state index contributed by atoms with van der Waals surface area (Å²) in [4.78, 5) is 29.3. The number of para-hydroxylation sites is 2. The number of hydrogen-bond acceptors (Lipinski definition) is 3. The summed E-state index contributed by atoms with van der Waals surface area (Å²) in [5.74, 6) is 0.845. The normalized spacial score (nSPS) is 13.4. The summed E-state index contributed by atoms with van der Waals surface area (Å²) in [5.41, 5.74) is 3.60. The topological polar surface area (TPSA) is 76.0 Å². The summed E-state index contributed by atoms with van der Waals surface area (Å²) in [6.07, 6.45) is 3.60. The fraction of sp³-hybridized carbons (Fsp3) is 0.348. The van der Waals surface area contributed by atoms with Crippen LogP contribution in [0, 0.1) is 6.92 Å². The maximum absolute atomic E-state index is 12.3. The minimum Gasteiger partial charge on any atom is -0.352 e. The Morgan fingerprint density at radius 2 is 1.97 bits per heavy atom. The molecule has 0 unspecified atom stereocenters. The zero-order chi connectivity index (χ0) is 20.2. The molecule has 1 fully saturated rings. The summed E-state index contributed by atoms with van der Waals surface area (Å²) in [6, 6.07) is 15.8. The van der Waals surface area contributed by atoms with Crippen LogP contribution in [-0.4, -0.2) is 34.0 Å². The monoisotopic (exact) mass is 390 g/mol. The third kappa shape index (κ3) is 4.83. The van der Waals surface area contributed by atoms with Crippen molar-refractivity contribution in [3.63, 3.8) is 0 Å². The van der Waals surface area contributed by atoms with Crippen molar-refractivity contribution in [1.29, 1.82) is 0 Å². The lowest BCUT2D eigenvalue weighted by atomic mass is 10.1. The second kappa shape index (κ2) is 8.47. The molecule has 0 atom stereocenters. The van der Waals surface area contributed by atoms with Gasteiger partial charge in [0.15, 0.2) is 0 Å². The second-order valence-electron chi connectivity index (χ2n) is 7.67. The van der Waals surface area contributed by atoms with E-state index in [4.69, 9.17) is 4.98 Å². The first-order chi connectivity index (χ1) is 14.1. The highest BCUT2D eigenvalue weighted by molar-refractivity contribution is 5.94. The van der Waals surface area contributed by atoms with Gasteiger partial charge >= 0.3 is 0 Å². The van der Waals surface area contributed by atoms with E-state index in [1.54, 1.807) is 0 Å². The molecule has 6 nitrogen and oxygen atoms in total. The number of fused-ring (bicyclic) bond motifs is 1. The molecule has 4 rings (SSSR count). The molecule has 6 heteroatoms. The van der Waals surface area contributed by atoms with Crippen LogP contribution in [0.5, 0.6) is 0 Å². The number of rotatable bonds is 8. The number of imidazole rings is 1. The number of aryl methyl sites for hydroxylation is 2. The number of aromatic nitrogens is 2. The highest BCUT2D eigenvalue weighted by Gasteiger charge is 2.24. The number of benzene rings is 2. The lowest BCUT2D eigenvalue weighted by Crippen LogP contribution is -2.30. The third-order valence-electron chi connectivity index (χ3n) is 5.12. The molecular weight excluding hydrogens is 364 g/mol. The average Bonchev–Trinajstić information content (AvgIpc) is 3.46. The molecule has 1 aromatic heterocycles. The molecular formula is C23H26N4O2. The minimum atomic E-state index is -0.0639. The Morgan fingerprint density at radius 1 is 1.14 bits per heavy atom. The van der Waals surface area contributed by atoms with E-state index in [9.17, 15) is 9.59 Å². The molecule has 2 aromatic carbocycles. The van der Waals surface area contributed by atoms with Gasteiger partial charge in [0.05, 0.1) is 11.0 Å². The van der Waals surface area contributed by atoms with Crippen molar-refractivity contribution in [3.8, 4) is 0 Å². The Morgan fingerprint density at radius 3 is 2.76 bits per heavy atom. The van der Waals surface area contributed by atoms with Gasteiger partial charge in [-0.3, -0.25) is 9.59 Å².